The minimum atomic E-state index is -4.54. The molecule has 0 unspecified atom stereocenters. The number of fused-ring (bicyclic) bond motifs is 1. The van der Waals surface area contributed by atoms with Gasteiger partial charge in [-0.25, -0.2) is 0 Å². The Labute approximate surface area is 119 Å². The van der Waals surface area contributed by atoms with Gasteiger partial charge in [0.1, 0.15) is 0 Å². The van der Waals surface area contributed by atoms with Crippen molar-refractivity contribution in [3.8, 4) is 0 Å². The van der Waals surface area contributed by atoms with Gasteiger partial charge in [-0.3, -0.25) is 4.79 Å². The third-order valence-corrected chi connectivity index (χ3v) is 3.56. The van der Waals surface area contributed by atoms with E-state index >= 15 is 0 Å². The molecule has 1 N–H and O–H groups in total. The first-order chi connectivity index (χ1) is 9.97. The van der Waals surface area contributed by atoms with Crippen LogP contribution in [0.2, 0.25) is 0 Å². The number of carbonyl (C=O) groups excluding carboxylic acids is 1. The second-order valence-corrected chi connectivity index (χ2v) is 4.92. The first kappa shape index (κ1) is 13.7. The molecule has 0 aliphatic carbocycles. The molecule has 0 spiro atoms. The summed E-state index contributed by atoms with van der Waals surface area (Å²) < 4.78 is 38.9. The van der Waals surface area contributed by atoms with Gasteiger partial charge in [-0.15, -0.1) is 0 Å². The largest absolute Gasteiger partial charge is 0.417 e. The van der Waals surface area contributed by atoms with Crippen LogP contribution in [0.4, 0.5) is 18.9 Å². The Morgan fingerprint density at radius 1 is 1.10 bits per heavy atom. The topological polar surface area (TPSA) is 29.1 Å². The van der Waals surface area contributed by atoms with E-state index in [2.05, 4.69) is 5.32 Å². The van der Waals surface area contributed by atoms with E-state index < -0.39 is 17.5 Å². The average molecular weight is 291 g/mol. The molecule has 1 aliphatic heterocycles. The third-order valence-electron chi connectivity index (χ3n) is 3.56. The highest BCUT2D eigenvalue weighted by Gasteiger charge is 2.35. The smallest absolute Gasteiger partial charge is 0.384 e. The SMILES string of the molecule is O=C(c1ccc2c(c1)NCC2)c1ccccc1C(F)(F)F. The predicted octanol–water partition coefficient (Wildman–Crippen LogP) is 3.90. The van der Waals surface area contributed by atoms with Gasteiger partial charge in [0.05, 0.1) is 5.56 Å². The maximum atomic E-state index is 13.0. The van der Waals surface area contributed by atoms with Gasteiger partial charge in [-0.05, 0) is 24.1 Å². The van der Waals surface area contributed by atoms with Crippen LogP contribution in [0.5, 0.6) is 0 Å². The summed E-state index contributed by atoms with van der Waals surface area (Å²) in [5.41, 5.74) is 0.951. The number of nitrogens with one attached hydrogen (secondary N) is 1. The summed E-state index contributed by atoms with van der Waals surface area (Å²) in [5.74, 6) is -0.612. The molecule has 0 fully saturated rings. The van der Waals surface area contributed by atoms with Crippen LogP contribution in [0.3, 0.4) is 0 Å². The van der Waals surface area contributed by atoms with Crippen LogP contribution in [0.25, 0.3) is 0 Å². The molecule has 0 bridgehead atoms. The van der Waals surface area contributed by atoms with E-state index in [1.54, 1.807) is 18.2 Å². The molecule has 0 atom stereocenters. The summed E-state index contributed by atoms with van der Waals surface area (Å²) >= 11 is 0. The fraction of sp³-hybridized carbons (Fsp3) is 0.188. The van der Waals surface area contributed by atoms with Crippen molar-refractivity contribution < 1.29 is 18.0 Å². The quantitative estimate of drug-likeness (QED) is 0.850. The van der Waals surface area contributed by atoms with Crippen LogP contribution in [0.15, 0.2) is 42.5 Å². The van der Waals surface area contributed by atoms with Crippen molar-refractivity contribution in [2.75, 3.05) is 11.9 Å². The van der Waals surface area contributed by atoms with Crippen molar-refractivity contribution >= 4 is 11.5 Å². The van der Waals surface area contributed by atoms with Crippen molar-refractivity contribution in [1.29, 1.82) is 0 Å². The van der Waals surface area contributed by atoms with E-state index in [9.17, 15) is 18.0 Å². The number of hydrogen-bond donors (Lipinski definition) is 1. The van der Waals surface area contributed by atoms with Gasteiger partial charge < -0.3 is 5.32 Å². The second-order valence-electron chi connectivity index (χ2n) is 4.92. The Balaban J connectivity index is 2.03. The fourth-order valence-corrected chi connectivity index (χ4v) is 2.52. The Hall–Kier alpha value is -2.30. The Morgan fingerprint density at radius 3 is 2.62 bits per heavy atom. The van der Waals surface area contributed by atoms with Crippen molar-refractivity contribution in [3.05, 3.63) is 64.7 Å². The number of anilines is 1. The van der Waals surface area contributed by atoms with Gasteiger partial charge in [0.15, 0.2) is 5.78 Å². The average Bonchev–Trinajstić information content (AvgIpc) is 2.93. The standard InChI is InChI=1S/C16H12F3NO/c17-16(18,19)13-4-2-1-3-12(13)15(21)11-6-5-10-7-8-20-14(10)9-11/h1-6,9,20H,7-8H2. The van der Waals surface area contributed by atoms with E-state index in [1.807, 2.05) is 0 Å². The first-order valence-electron chi connectivity index (χ1n) is 6.54. The molecular formula is C16H12F3NO. The molecule has 0 aromatic heterocycles. The van der Waals surface area contributed by atoms with Crippen LogP contribution in [-0.2, 0) is 12.6 Å². The Morgan fingerprint density at radius 2 is 1.86 bits per heavy atom. The molecule has 0 radical (unpaired) electrons. The van der Waals surface area contributed by atoms with Gasteiger partial charge in [0, 0.05) is 23.4 Å². The molecule has 21 heavy (non-hydrogen) atoms. The third kappa shape index (κ3) is 2.51. The van der Waals surface area contributed by atoms with Crippen molar-refractivity contribution in [3.63, 3.8) is 0 Å². The van der Waals surface area contributed by atoms with Crippen LogP contribution >= 0.6 is 0 Å². The maximum absolute atomic E-state index is 13.0. The summed E-state index contributed by atoms with van der Waals surface area (Å²) in [6.45, 7) is 0.784. The molecule has 1 aliphatic rings. The lowest BCUT2D eigenvalue weighted by molar-refractivity contribution is -0.137. The lowest BCUT2D eigenvalue weighted by Crippen LogP contribution is -2.13. The number of hydrogen-bond acceptors (Lipinski definition) is 2. The van der Waals surface area contributed by atoms with Crippen LogP contribution < -0.4 is 5.32 Å². The summed E-state index contributed by atoms with van der Waals surface area (Å²) in [7, 11) is 0. The summed E-state index contributed by atoms with van der Waals surface area (Å²) in [5, 5.41) is 3.12. The lowest BCUT2D eigenvalue weighted by atomic mass is 9.97. The highest BCUT2D eigenvalue weighted by molar-refractivity contribution is 6.10. The van der Waals surface area contributed by atoms with Gasteiger partial charge >= 0.3 is 6.18 Å². The summed E-state index contributed by atoms with van der Waals surface area (Å²) in [4.78, 5) is 12.4. The summed E-state index contributed by atoms with van der Waals surface area (Å²) in [6, 6.07) is 9.86. The minimum Gasteiger partial charge on any atom is -0.384 e. The monoisotopic (exact) mass is 291 g/mol. The van der Waals surface area contributed by atoms with Crippen molar-refractivity contribution in [2.45, 2.75) is 12.6 Å². The number of carbonyl (C=O) groups is 1. The Kier molecular flexibility index (Phi) is 3.20. The zero-order valence-corrected chi connectivity index (χ0v) is 11.0. The molecule has 5 heteroatoms. The maximum Gasteiger partial charge on any atom is 0.417 e. The number of rotatable bonds is 2. The van der Waals surface area contributed by atoms with Crippen molar-refractivity contribution in [2.24, 2.45) is 0 Å². The molecule has 108 valence electrons. The van der Waals surface area contributed by atoms with Crippen LogP contribution in [0.1, 0.15) is 27.0 Å². The highest BCUT2D eigenvalue weighted by atomic mass is 19.4. The van der Waals surface area contributed by atoms with E-state index in [0.29, 0.717) is 0 Å². The van der Waals surface area contributed by atoms with Gasteiger partial charge in [0.25, 0.3) is 0 Å². The zero-order chi connectivity index (χ0) is 15.0. The van der Waals surface area contributed by atoms with Gasteiger partial charge in [0.2, 0.25) is 0 Å². The molecule has 0 amide bonds. The summed E-state index contributed by atoms with van der Waals surface area (Å²) in [6.07, 6.45) is -3.68. The van der Waals surface area contributed by atoms with E-state index in [4.69, 9.17) is 0 Å². The van der Waals surface area contributed by atoms with E-state index in [-0.39, 0.29) is 11.1 Å². The molecule has 2 aromatic carbocycles. The fourth-order valence-electron chi connectivity index (χ4n) is 2.52. The Bertz CT molecular complexity index is 707. The zero-order valence-electron chi connectivity index (χ0n) is 11.0. The molecule has 0 saturated heterocycles. The molecule has 2 nitrogen and oxygen atoms in total. The second kappa shape index (κ2) is 4.91. The molecule has 1 heterocycles. The number of alkyl halides is 3. The number of ketones is 1. The van der Waals surface area contributed by atoms with Gasteiger partial charge in [-0.2, -0.15) is 13.2 Å². The molecule has 3 rings (SSSR count). The minimum absolute atomic E-state index is 0.264. The number of halogens is 3. The predicted molar refractivity (Wildman–Crippen MR) is 73.5 cm³/mol. The highest BCUT2D eigenvalue weighted by Crippen LogP contribution is 2.33. The van der Waals surface area contributed by atoms with Crippen molar-refractivity contribution in [1.82, 2.24) is 0 Å². The van der Waals surface area contributed by atoms with Crippen LogP contribution in [-0.4, -0.2) is 12.3 Å². The number of benzene rings is 2. The molecular weight excluding hydrogens is 279 g/mol. The van der Waals surface area contributed by atoms with Gasteiger partial charge in [-0.1, -0.05) is 30.3 Å². The van der Waals surface area contributed by atoms with E-state index in [0.717, 1.165) is 30.3 Å². The van der Waals surface area contributed by atoms with E-state index in [1.165, 1.54) is 18.2 Å². The normalized spacial score (nSPS) is 13.7. The van der Waals surface area contributed by atoms with Crippen LogP contribution in [0, 0.1) is 0 Å². The molecule has 2 aromatic rings. The first-order valence-corrected chi connectivity index (χ1v) is 6.54. The molecule has 0 saturated carbocycles. The lowest BCUT2D eigenvalue weighted by Gasteiger charge is -2.12.